The van der Waals surface area contributed by atoms with Crippen molar-refractivity contribution in [3.05, 3.63) is 64.2 Å². The lowest BCUT2D eigenvalue weighted by atomic mass is 9.75. The van der Waals surface area contributed by atoms with Crippen molar-refractivity contribution >= 4 is 21.6 Å². The van der Waals surface area contributed by atoms with E-state index in [-0.39, 0.29) is 5.75 Å². The molecule has 0 radical (unpaired) electrons. The van der Waals surface area contributed by atoms with Crippen LogP contribution in [-0.2, 0) is 22.9 Å². The summed E-state index contributed by atoms with van der Waals surface area (Å²) in [5.74, 6) is 1.80. The summed E-state index contributed by atoms with van der Waals surface area (Å²) >= 11 is 6.28. The average Bonchev–Trinajstić information content (AvgIpc) is 3.55. The van der Waals surface area contributed by atoms with Gasteiger partial charge in [0, 0.05) is 23.5 Å². The van der Waals surface area contributed by atoms with E-state index < -0.39 is 10.0 Å². The zero-order chi connectivity index (χ0) is 22.8. The lowest BCUT2D eigenvalue weighted by Gasteiger charge is -2.45. The molecule has 1 saturated heterocycles. The molecule has 5 rings (SSSR count). The van der Waals surface area contributed by atoms with Crippen LogP contribution in [0, 0.1) is 5.92 Å². The van der Waals surface area contributed by atoms with Crippen molar-refractivity contribution in [2.45, 2.75) is 50.5 Å². The van der Waals surface area contributed by atoms with E-state index in [0.717, 1.165) is 36.5 Å². The number of ether oxygens (including phenoxy) is 1. The van der Waals surface area contributed by atoms with Crippen LogP contribution in [0.15, 0.2) is 42.5 Å². The zero-order valence-electron chi connectivity index (χ0n) is 19.0. The highest BCUT2D eigenvalue weighted by molar-refractivity contribution is 7.89. The summed E-state index contributed by atoms with van der Waals surface area (Å²) in [6, 6.07) is 15.2. The van der Waals surface area contributed by atoms with Crippen LogP contribution < -0.4 is 9.46 Å². The van der Waals surface area contributed by atoms with Crippen LogP contribution in [0.5, 0.6) is 5.75 Å². The van der Waals surface area contributed by atoms with E-state index in [9.17, 15) is 8.42 Å². The van der Waals surface area contributed by atoms with Crippen molar-refractivity contribution < 1.29 is 13.2 Å². The van der Waals surface area contributed by atoms with Crippen molar-refractivity contribution in [2.75, 3.05) is 32.0 Å². The topological polar surface area (TPSA) is 58.6 Å². The summed E-state index contributed by atoms with van der Waals surface area (Å²) in [5, 5.41) is 0.783. The number of sulfonamides is 1. The van der Waals surface area contributed by atoms with E-state index >= 15 is 0 Å². The highest BCUT2D eigenvalue weighted by Gasteiger charge is 2.36. The van der Waals surface area contributed by atoms with Crippen LogP contribution >= 0.6 is 11.6 Å². The molecule has 2 aromatic rings. The summed E-state index contributed by atoms with van der Waals surface area (Å²) in [6.07, 6.45) is 6.57. The summed E-state index contributed by atoms with van der Waals surface area (Å²) in [4.78, 5) is 2.63. The Kier molecular flexibility index (Phi) is 6.98. The molecule has 178 valence electrons. The molecule has 1 aliphatic heterocycles. The minimum Gasteiger partial charge on any atom is -0.492 e. The number of benzene rings is 2. The first-order chi connectivity index (χ1) is 16.0. The summed E-state index contributed by atoms with van der Waals surface area (Å²) in [7, 11) is -3.19. The van der Waals surface area contributed by atoms with E-state index in [0.29, 0.717) is 31.0 Å². The summed E-state index contributed by atoms with van der Waals surface area (Å²) in [5.41, 5.74) is 4.03. The largest absolute Gasteiger partial charge is 0.492 e. The molecular formula is C26H33ClN2O3S. The lowest BCUT2D eigenvalue weighted by molar-refractivity contribution is 0.0876. The molecule has 2 atom stereocenters. The van der Waals surface area contributed by atoms with Crippen molar-refractivity contribution in [2.24, 2.45) is 5.92 Å². The minimum absolute atomic E-state index is 0.245. The van der Waals surface area contributed by atoms with Crippen LogP contribution in [0.3, 0.4) is 0 Å². The predicted molar refractivity (Wildman–Crippen MR) is 133 cm³/mol. The van der Waals surface area contributed by atoms with Gasteiger partial charge in [-0.1, -0.05) is 29.8 Å². The molecule has 0 bridgehead atoms. The van der Waals surface area contributed by atoms with Crippen LogP contribution in [0.4, 0.5) is 0 Å². The van der Waals surface area contributed by atoms with Crippen molar-refractivity contribution in [1.29, 1.82) is 0 Å². The van der Waals surface area contributed by atoms with Gasteiger partial charge in [-0.25, -0.2) is 13.1 Å². The molecule has 5 nitrogen and oxygen atoms in total. The van der Waals surface area contributed by atoms with Gasteiger partial charge in [-0.3, -0.25) is 4.90 Å². The molecule has 2 aromatic carbocycles. The number of hydrogen-bond acceptors (Lipinski definition) is 4. The molecule has 0 aromatic heterocycles. The second-order valence-corrected chi connectivity index (χ2v) is 12.1. The maximum atomic E-state index is 12.1. The molecule has 2 unspecified atom stereocenters. The van der Waals surface area contributed by atoms with Gasteiger partial charge in [0.05, 0.1) is 5.75 Å². The maximum absolute atomic E-state index is 12.1. The van der Waals surface area contributed by atoms with Gasteiger partial charge in [0.15, 0.2) is 0 Å². The molecular weight excluding hydrogens is 456 g/mol. The van der Waals surface area contributed by atoms with Crippen LogP contribution in [0.2, 0.25) is 5.02 Å². The number of fused-ring (bicyclic) bond motifs is 1. The van der Waals surface area contributed by atoms with E-state index in [1.807, 2.05) is 18.2 Å². The number of halogens is 1. The highest BCUT2D eigenvalue weighted by Crippen LogP contribution is 2.40. The Balaban J connectivity index is 1.28. The Labute approximate surface area is 202 Å². The second-order valence-electron chi connectivity index (χ2n) is 9.76. The van der Waals surface area contributed by atoms with E-state index in [2.05, 4.69) is 33.9 Å². The number of nitrogens with one attached hydrogen (secondary N) is 1. The van der Waals surface area contributed by atoms with Crippen molar-refractivity contribution in [3.8, 4) is 5.75 Å². The number of rotatable bonds is 10. The molecule has 0 spiro atoms. The van der Waals surface area contributed by atoms with Crippen LogP contribution in [-0.4, -0.2) is 51.4 Å². The Morgan fingerprint density at radius 2 is 1.94 bits per heavy atom. The van der Waals surface area contributed by atoms with E-state index in [1.54, 1.807) is 0 Å². The monoisotopic (exact) mass is 488 g/mol. The molecule has 33 heavy (non-hydrogen) atoms. The lowest BCUT2D eigenvalue weighted by Crippen LogP contribution is -2.49. The Morgan fingerprint density at radius 1 is 1.09 bits per heavy atom. The number of hydrogen-bond donors (Lipinski definition) is 1. The molecule has 2 fully saturated rings. The van der Waals surface area contributed by atoms with E-state index in [4.69, 9.17) is 16.3 Å². The fourth-order valence-electron chi connectivity index (χ4n) is 5.24. The van der Waals surface area contributed by atoms with E-state index in [1.165, 1.54) is 42.6 Å². The first-order valence-corrected chi connectivity index (χ1v) is 14.2. The SMILES string of the molecule is O=S(=O)(CC1CC1)NCCOc1ccc2c(c1)C(Cc1cccc(Cl)c1)C(N1CCC1)CC2. The van der Waals surface area contributed by atoms with Gasteiger partial charge in [0.25, 0.3) is 0 Å². The van der Waals surface area contributed by atoms with Gasteiger partial charge in [-0.2, -0.15) is 0 Å². The summed E-state index contributed by atoms with van der Waals surface area (Å²) in [6.45, 7) is 3.00. The normalized spacial score (nSPS) is 23.1. The smallest absolute Gasteiger partial charge is 0.211 e. The number of likely N-dealkylation sites (tertiary alicyclic amines) is 1. The highest BCUT2D eigenvalue weighted by atomic mass is 35.5. The average molecular weight is 489 g/mol. The Morgan fingerprint density at radius 3 is 2.67 bits per heavy atom. The molecule has 7 heteroatoms. The van der Waals surface area contributed by atoms with Gasteiger partial charge in [-0.15, -0.1) is 0 Å². The van der Waals surface area contributed by atoms with Crippen molar-refractivity contribution in [1.82, 2.24) is 9.62 Å². The van der Waals surface area contributed by atoms with Gasteiger partial charge in [-0.05, 0) is 98.5 Å². The molecule has 1 N–H and O–H groups in total. The second kappa shape index (κ2) is 9.95. The fourth-order valence-corrected chi connectivity index (χ4v) is 6.92. The third kappa shape index (κ3) is 5.91. The fraction of sp³-hybridized carbons (Fsp3) is 0.538. The minimum atomic E-state index is -3.19. The molecule has 1 saturated carbocycles. The van der Waals surface area contributed by atoms with Crippen LogP contribution in [0.1, 0.15) is 48.3 Å². The predicted octanol–water partition coefficient (Wildman–Crippen LogP) is 4.40. The zero-order valence-corrected chi connectivity index (χ0v) is 20.6. The molecule has 3 aliphatic rings. The Bertz CT molecular complexity index is 1080. The first kappa shape index (κ1) is 23.2. The van der Waals surface area contributed by atoms with Gasteiger partial charge < -0.3 is 4.74 Å². The molecule has 1 heterocycles. The third-order valence-corrected chi connectivity index (χ3v) is 9.03. The summed E-state index contributed by atoms with van der Waals surface area (Å²) < 4.78 is 32.8. The standard InChI is InChI=1S/C26H33ClN2O3S/c27-22-4-1-3-20(15-22)16-25-24-17-23(32-14-11-28-33(30,31)18-19-5-6-19)9-7-21(24)8-10-26(25)29-12-2-13-29/h1,3-4,7,9,15,17,19,25-26,28H,2,5-6,8,10-14,16,18H2. The first-order valence-electron chi connectivity index (χ1n) is 12.2. The van der Waals surface area contributed by atoms with Gasteiger partial charge in [0.2, 0.25) is 10.0 Å². The number of aryl methyl sites for hydroxylation is 1. The third-order valence-electron chi connectivity index (χ3n) is 7.24. The molecule has 2 aliphatic carbocycles. The van der Waals surface area contributed by atoms with Crippen LogP contribution in [0.25, 0.3) is 0 Å². The maximum Gasteiger partial charge on any atom is 0.211 e. The van der Waals surface area contributed by atoms with Gasteiger partial charge >= 0.3 is 0 Å². The Hall–Kier alpha value is -1.60. The molecule has 0 amide bonds. The number of nitrogens with zero attached hydrogens (tertiary/aromatic N) is 1. The van der Waals surface area contributed by atoms with Crippen molar-refractivity contribution in [3.63, 3.8) is 0 Å². The quantitative estimate of drug-likeness (QED) is 0.504. The van der Waals surface area contributed by atoms with Gasteiger partial charge in [0.1, 0.15) is 12.4 Å².